The van der Waals surface area contributed by atoms with E-state index in [-0.39, 0.29) is 6.42 Å². The van der Waals surface area contributed by atoms with Crippen molar-refractivity contribution in [2.24, 2.45) is 17.8 Å². The Balaban J connectivity index is 1.81. The highest BCUT2D eigenvalue weighted by atomic mass is 16.5. The van der Waals surface area contributed by atoms with Crippen molar-refractivity contribution in [3.05, 3.63) is 36.5 Å². The van der Waals surface area contributed by atoms with E-state index in [4.69, 9.17) is 9.84 Å². The monoisotopic (exact) mass is 348 g/mol. The van der Waals surface area contributed by atoms with Crippen molar-refractivity contribution in [3.8, 4) is 0 Å². The molecule has 1 aliphatic carbocycles. The van der Waals surface area contributed by atoms with Crippen LogP contribution in [-0.4, -0.2) is 35.0 Å². The van der Waals surface area contributed by atoms with Crippen molar-refractivity contribution in [2.75, 3.05) is 6.61 Å². The van der Waals surface area contributed by atoms with E-state index in [1.165, 1.54) is 0 Å². The Morgan fingerprint density at radius 2 is 2.12 bits per heavy atom. The van der Waals surface area contributed by atoms with Crippen LogP contribution in [0, 0.1) is 17.8 Å². The van der Waals surface area contributed by atoms with Crippen LogP contribution in [0.3, 0.4) is 0 Å². The molecule has 25 heavy (non-hydrogen) atoms. The van der Waals surface area contributed by atoms with Gasteiger partial charge in [-0.15, -0.1) is 0 Å². The van der Waals surface area contributed by atoms with Gasteiger partial charge in [0.05, 0.1) is 18.8 Å². The minimum absolute atomic E-state index is 0.238. The van der Waals surface area contributed by atoms with Crippen LogP contribution in [0.1, 0.15) is 51.9 Å². The van der Waals surface area contributed by atoms with E-state index in [1.807, 2.05) is 12.2 Å². The molecule has 0 amide bonds. The maximum Gasteiger partial charge on any atom is 0.303 e. The third kappa shape index (κ3) is 6.44. The molecule has 1 saturated heterocycles. The van der Waals surface area contributed by atoms with Crippen LogP contribution in [0.5, 0.6) is 0 Å². The zero-order chi connectivity index (χ0) is 18.1. The summed E-state index contributed by atoms with van der Waals surface area (Å²) in [6.07, 6.45) is 18.0. The quantitative estimate of drug-likeness (QED) is 0.435. The lowest BCUT2D eigenvalue weighted by atomic mass is 9.84. The number of allylic oxidation sites excluding steroid dienone is 3. The number of unbranched alkanes of at least 4 members (excludes halogenated alkanes) is 1. The Morgan fingerprint density at radius 3 is 2.88 bits per heavy atom. The largest absolute Gasteiger partial charge is 0.481 e. The molecule has 2 N–H and O–H groups in total. The standard InChI is InChI=1S/C21H32O4/c1-2-3-6-9-17(22)12-13-19-18(16-14-20(19)25-15-16)10-7-4-5-8-11-21(23)24/h3-4,6-7,12-13,16-20,22H,2,5,8-11,14-15H2,1H3,(H,23,24)/b6-3-,7-4-,13-12+/t16-,17+,18+,19-,20-/m1/s1. The number of carbonyl (C=O) groups is 1. The molecule has 140 valence electrons. The number of rotatable bonds is 11. The van der Waals surface area contributed by atoms with Crippen molar-refractivity contribution in [2.45, 2.75) is 64.1 Å². The fraction of sp³-hybridized carbons (Fsp3) is 0.667. The van der Waals surface area contributed by atoms with Crippen LogP contribution in [0.2, 0.25) is 0 Å². The van der Waals surface area contributed by atoms with Gasteiger partial charge >= 0.3 is 5.97 Å². The molecule has 0 aromatic carbocycles. The Morgan fingerprint density at radius 1 is 1.28 bits per heavy atom. The molecule has 2 bridgehead atoms. The summed E-state index contributed by atoms with van der Waals surface area (Å²) in [7, 11) is 0. The van der Waals surface area contributed by atoms with Crippen molar-refractivity contribution in [3.63, 3.8) is 0 Å². The van der Waals surface area contributed by atoms with E-state index in [0.717, 1.165) is 32.3 Å². The third-order valence-electron chi connectivity index (χ3n) is 5.26. The van der Waals surface area contributed by atoms with Crippen LogP contribution < -0.4 is 0 Å². The van der Waals surface area contributed by atoms with Crippen molar-refractivity contribution >= 4 is 5.97 Å². The lowest BCUT2D eigenvalue weighted by Crippen LogP contribution is -2.27. The summed E-state index contributed by atoms with van der Waals surface area (Å²) in [5.74, 6) is 0.841. The average molecular weight is 348 g/mol. The maximum atomic E-state index is 10.5. The number of aliphatic hydroxyl groups excluding tert-OH is 1. The average Bonchev–Trinajstić information content (AvgIpc) is 3.17. The predicted octanol–water partition coefficient (Wildman–Crippen LogP) is 4.11. The lowest BCUT2D eigenvalue weighted by molar-refractivity contribution is -0.137. The molecular formula is C21H32O4. The first kappa shape index (κ1) is 19.9. The predicted molar refractivity (Wildman–Crippen MR) is 99.3 cm³/mol. The SMILES string of the molecule is CC/C=C\C[C@H](O)/C=C/[C@@H]1[C@@H](C/C=C\CCCC(=O)O)[C@H]2CO[C@@H]1C2. The van der Waals surface area contributed by atoms with E-state index in [0.29, 0.717) is 36.7 Å². The Labute approximate surface area is 151 Å². The fourth-order valence-corrected chi connectivity index (χ4v) is 3.93. The molecule has 5 atom stereocenters. The molecule has 4 heteroatoms. The molecule has 2 fully saturated rings. The topological polar surface area (TPSA) is 66.8 Å². The van der Waals surface area contributed by atoms with E-state index in [9.17, 15) is 9.90 Å². The molecule has 0 aromatic heterocycles. The second-order valence-corrected chi connectivity index (χ2v) is 7.17. The highest BCUT2D eigenvalue weighted by molar-refractivity contribution is 5.66. The molecule has 2 aliphatic rings. The van der Waals surface area contributed by atoms with Crippen LogP contribution >= 0.6 is 0 Å². The third-order valence-corrected chi connectivity index (χ3v) is 5.26. The molecule has 2 rings (SSSR count). The fourth-order valence-electron chi connectivity index (χ4n) is 3.93. The zero-order valence-electron chi connectivity index (χ0n) is 15.2. The van der Waals surface area contributed by atoms with Gasteiger partial charge < -0.3 is 14.9 Å². The summed E-state index contributed by atoms with van der Waals surface area (Å²) < 4.78 is 5.86. The van der Waals surface area contributed by atoms with Gasteiger partial charge in [-0.1, -0.05) is 43.4 Å². The van der Waals surface area contributed by atoms with Gasteiger partial charge in [-0.25, -0.2) is 0 Å². The number of carboxylic acid groups (broad SMARTS) is 1. The van der Waals surface area contributed by atoms with Crippen molar-refractivity contribution in [1.82, 2.24) is 0 Å². The molecule has 1 heterocycles. The zero-order valence-corrected chi connectivity index (χ0v) is 15.2. The molecule has 1 saturated carbocycles. The summed E-state index contributed by atoms with van der Waals surface area (Å²) >= 11 is 0. The molecule has 0 spiro atoms. The van der Waals surface area contributed by atoms with Crippen molar-refractivity contribution < 1.29 is 19.7 Å². The van der Waals surface area contributed by atoms with Gasteiger partial charge in [0.15, 0.2) is 0 Å². The van der Waals surface area contributed by atoms with Crippen LogP contribution in [-0.2, 0) is 9.53 Å². The summed E-state index contributed by atoms with van der Waals surface area (Å²) in [5, 5.41) is 18.7. The first-order valence-corrected chi connectivity index (χ1v) is 9.61. The van der Waals surface area contributed by atoms with Gasteiger partial charge in [0, 0.05) is 12.3 Å². The normalized spacial score (nSPS) is 30.2. The first-order valence-electron chi connectivity index (χ1n) is 9.61. The van der Waals surface area contributed by atoms with Crippen LogP contribution in [0.4, 0.5) is 0 Å². The minimum Gasteiger partial charge on any atom is -0.481 e. The Kier molecular flexibility index (Phi) is 8.42. The molecule has 0 aromatic rings. The van der Waals surface area contributed by atoms with Gasteiger partial charge in [0.1, 0.15) is 0 Å². The van der Waals surface area contributed by atoms with E-state index < -0.39 is 12.1 Å². The molecule has 4 nitrogen and oxygen atoms in total. The number of ether oxygens (including phenoxy) is 1. The lowest BCUT2D eigenvalue weighted by Gasteiger charge is -2.28. The van der Waals surface area contributed by atoms with Gasteiger partial charge in [-0.2, -0.15) is 0 Å². The smallest absolute Gasteiger partial charge is 0.303 e. The summed E-state index contributed by atoms with van der Waals surface area (Å²) in [6.45, 7) is 2.94. The summed E-state index contributed by atoms with van der Waals surface area (Å²) in [4.78, 5) is 10.5. The van der Waals surface area contributed by atoms with Crippen LogP contribution in [0.25, 0.3) is 0 Å². The number of hydrogen-bond acceptors (Lipinski definition) is 3. The number of fused-ring (bicyclic) bond motifs is 2. The highest BCUT2D eigenvalue weighted by Gasteiger charge is 2.46. The Hall–Kier alpha value is -1.39. The van der Waals surface area contributed by atoms with E-state index in [1.54, 1.807) is 0 Å². The van der Waals surface area contributed by atoms with E-state index >= 15 is 0 Å². The van der Waals surface area contributed by atoms with Gasteiger partial charge in [0.2, 0.25) is 0 Å². The molecule has 0 radical (unpaired) electrons. The minimum atomic E-state index is -0.726. The summed E-state index contributed by atoms with van der Waals surface area (Å²) in [5.41, 5.74) is 0. The molecule has 1 aliphatic heterocycles. The van der Waals surface area contributed by atoms with Gasteiger partial charge in [-0.05, 0) is 50.4 Å². The van der Waals surface area contributed by atoms with Crippen LogP contribution in [0.15, 0.2) is 36.5 Å². The maximum absolute atomic E-state index is 10.5. The van der Waals surface area contributed by atoms with Gasteiger partial charge in [-0.3, -0.25) is 4.79 Å². The number of aliphatic hydroxyl groups is 1. The van der Waals surface area contributed by atoms with E-state index in [2.05, 4.69) is 31.2 Å². The second-order valence-electron chi connectivity index (χ2n) is 7.17. The highest BCUT2D eigenvalue weighted by Crippen LogP contribution is 2.47. The first-order chi connectivity index (χ1) is 12.1. The number of carboxylic acids is 1. The molecule has 0 unspecified atom stereocenters. The van der Waals surface area contributed by atoms with Gasteiger partial charge in [0.25, 0.3) is 0 Å². The second kappa shape index (κ2) is 10.6. The summed E-state index contributed by atoms with van der Waals surface area (Å²) in [6, 6.07) is 0. The van der Waals surface area contributed by atoms with Crippen molar-refractivity contribution in [1.29, 1.82) is 0 Å². The number of aliphatic carboxylic acids is 1. The molecular weight excluding hydrogens is 316 g/mol. The number of hydrogen-bond donors (Lipinski definition) is 2. The Bertz CT molecular complexity index is 494.